The van der Waals surface area contributed by atoms with Crippen molar-refractivity contribution in [1.29, 1.82) is 0 Å². The second kappa shape index (κ2) is 3.95. The summed E-state index contributed by atoms with van der Waals surface area (Å²) in [5.74, 6) is -0.350. The van der Waals surface area contributed by atoms with Gasteiger partial charge in [0, 0.05) is 5.02 Å². The SMILES string of the molecule is Fc1c[c]cc(Cl)c1.[LiH]. The van der Waals surface area contributed by atoms with Gasteiger partial charge in [-0.05, 0) is 24.3 Å². The maximum absolute atomic E-state index is 12.1. The molecule has 1 radical (unpaired) electrons. The first-order valence-electron chi connectivity index (χ1n) is 2.11. The van der Waals surface area contributed by atoms with E-state index in [2.05, 4.69) is 6.07 Å². The van der Waals surface area contributed by atoms with Crippen LogP contribution in [0.3, 0.4) is 0 Å². The predicted octanol–water partition coefficient (Wildman–Crippen LogP) is 1.63. The quantitative estimate of drug-likeness (QED) is 0.477. The predicted molar refractivity (Wildman–Crippen MR) is 37.4 cm³/mol. The van der Waals surface area contributed by atoms with Crippen LogP contribution in [0.5, 0.6) is 0 Å². The minimum atomic E-state index is -0.350. The van der Waals surface area contributed by atoms with Crippen molar-refractivity contribution in [2.45, 2.75) is 0 Å². The van der Waals surface area contributed by atoms with Gasteiger partial charge < -0.3 is 0 Å². The zero-order chi connectivity index (χ0) is 5.98. The van der Waals surface area contributed by atoms with E-state index in [1.807, 2.05) is 0 Å². The number of halogens is 2. The third-order valence-electron chi connectivity index (χ3n) is 0.718. The van der Waals surface area contributed by atoms with Gasteiger partial charge in [-0.2, -0.15) is 0 Å². The van der Waals surface area contributed by atoms with Crippen LogP contribution in [0.25, 0.3) is 0 Å². The fraction of sp³-hybridized carbons (Fsp3) is 0. The van der Waals surface area contributed by atoms with E-state index in [1.54, 1.807) is 0 Å². The van der Waals surface area contributed by atoms with E-state index in [1.165, 1.54) is 18.2 Å². The Morgan fingerprint density at radius 1 is 1.44 bits per heavy atom. The Kier molecular flexibility index (Phi) is 3.97. The van der Waals surface area contributed by atoms with Crippen molar-refractivity contribution in [3.05, 3.63) is 35.1 Å². The molecule has 0 aliphatic heterocycles. The van der Waals surface area contributed by atoms with Crippen LogP contribution < -0.4 is 0 Å². The van der Waals surface area contributed by atoms with Gasteiger partial charge in [0.1, 0.15) is 5.82 Å². The average molecular weight is 137 g/mol. The normalized spacial score (nSPS) is 8.22. The fourth-order valence-electron chi connectivity index (χ4n) is 0.416. The first-order valence-corrected chi connectivity index (χ1v) is 2.49. The second-order valence-electron chi connectivity index (χ2n) is 1.37. The maximum atomic E-state index is 12.1. The van der Waals surface area contributed by atoms with Gasteiger partial charge >= 0.3 is 18.9 Å². The summed E-state index contributed by atoms with van der Waals surface area (Å²) < 4.78 is 12.1. The van der Waals surface area contributed by atoms with Crippen molar-refractivity contribution >= 4 is 30.5 Å². The van der Waals surface area contributed by atoms with Gasteiger partial charge in [-0.1, -0.05) is 11.6 Å². The zero-order valence-corrected chi connectivity index (χ0v) is 4.74. The summed E-state index contributed by atoms with van der Waals surface area (Å²) in [5, 5.41) is 0.380. The minimum absolute atomic E-state index is 0. The van der Waals surface area contributed by atoms with E-state index in [4.69, 9.17) is 11.6 Å². The first-order chi connectivity index (χ1) is 3.79. The topological polar surface area (TPSA) is 0 Å². The van der Waals surface area contributed by atoms with E-state index < -0.39 is 0 Å². The van der Waals surface area contributed by atoms with E-state index in [-0.39, 0.29) is 24.7 Å². The molecule has 0 atom stereocenters. The van der Waals surface area contributed by atoms with Gasteiger partial charge in [-0.25, -0.2) is 4.39 Å². The molecule has 0 nitrogen and oxygen atoms in total. The van der Waals surface area contributed by atoms with Crippen molar-refractivity contribution in [3.8, 4) is 0 Å². The summed E-state index contributed by atoms with van der Waals surface area (Å²) in [5.41, 5.74) is 0. The Morgan fingerprint density at radius 2 is 2.11 bits per heavy atom. The van der Waals surface area contributed by atoms with Crippen LogP contribution >= 0.6 is 11.6 Å². The van der Waals surface area contributed by atoms with Gasteiger partial charge in [-0.3, -0.25) is 0 Å². The Balaban J connectivity index is 0.000000640. The molecule has 0 amide bonds. The van der Waals surface area contributed by atoms with Gasteiger partial charge in [0.05, 0.1) is 0 Å². The molecular weight excluding hydrogens is 133 g/mol. The van der Waals surface area contributed by atoms with Crippen molar-refractivity contribution < 1.29 is 4.39 Å². The zero-order valence-electron chi connectivity index (χ0n) is 3.99. The molecule has 0 N–H and O–H groups in total. The summed E-state index contributed by atoms with van der Waals surface area (Å²) >= 11 is 5.37. The van der Waals surface area contributed by atoms with E-state index in [9.17, 15) is 4.39 Å². The van der Waals surface area contributed by atoms with E-state index >= 15 is 0 Å². The molecule has 9 heavy (non-hydrogen) atoms. The molecule has 0 saturated heterocycles. The van der Waals surface area contributed by atoms with Crippen molar-refractivity contribution in [3.63, 3.8) is 0 Å². The molecule has 0 aliphatic rings. The summed E-state index contributed by atoms with van der Waals surface area (Å²) in [6, 6.07) is 6.49. The molecule has 0 heterocycles. The summed E-state index contributed by atoms with van der Waals surface area (Å²) in [4.78, 5) is 0. The molecule has 0 aliphatic carbocycles. The third kappa shape index (κ3) is 2.91. The van der Waals surface area contributed by atoms with Crippen molar-refractivity contribution in [2.75, 3.05) is 0 Å². The summed E-state index contributed by atoms with van der Waals surface area (Å²) in [6.45, 7) is 0. The fourth-order valence-corrected chi connectivity index (χ4v) is 0.583. The van der Waals surface area contributed by atoms with Gasteiger partial charge in [0.25, 0.3) is 0 Å². The Labute approximate surface area is 70.2 Å². The second-order valence-corrected chi connectivity index (χ2v) is 1.81. The van der Waals surface area contributed by atoms with E-state index in [0.29, 0.717) is 5.02 Å². The number of benzene rings is 1. The molecule has 1 rings (SSSR count). The van der Waals surface area contributed by atoms with Crippen LogP contribution in [0.4, 0.5) is 4.39 Å². The van der Waals surface area contributed by atoms with Crippen LogP contribution in [0.1, 0.15) is 0 Å². The summed E-state index contributed by atoms with van der Waals surface area (Å²) in [7, 11) is 0. The molecule has 0 aromatic heterocycles. The molecule has 1 aromatic rings. The standard InChI is InChI=1S/C6H3ClF.Li.H/c7-5-2-1-3-6(8)4-5;;/h2-4H;;. The van der Waals surface area contributed by atoms with Crippen LogP contribution in [0.2, 0.25) is 5.02 Å². The van der Waals surface area contributed by atoms with Gasteiger partial charge in [0.15, 0.2) is 0 Å². The van der Waals surface area contributed by atoms with Gasteiger partial charge in [0.2, 0.25) is 0 Å². The molecule has 0 fully saturated rings. The number of rotatable bonds is 0. The number of hydrogen-bond acceptors (Lipinski definition) is 0. The summed E-state index contributed by atoms with van der Waals surface area (Å²) in [6.07, 6.45) is 0. The van der Waals surface area contributed by atoms with Crippen LogP contribution in [-0.2, 0) is 0 Å². The average Bonchev–Trinajstić information content (AvgIpc) is 1.64. The Hall–Kier alpha value is 0.0374. The Morgan fingerprint density at radius 3 is 2.44 bits per heavy atom. The molecule has 43 valence electrons. The van der Waals surface area contributed by atoms with Crippen LogP contribution in [0, 0.1) is 11.9 Å². The van der Waals surface area contributed by atoms with Crippen LogP contribution in [0.15, 0.2) is 18.2 Å². The molecule has 3 heteroatoms. The number of hydrogen-bond donors (Lipinski definition) is 0. The molecule has 0 bridgehead atoms. The molecule has 0 unspecified atom stereocenters. The van der Waals surface area contributed by atoms with Crippen molar-refractivity contribution in [1.82, 2.24) is 0 Å². The van der Waals surface area contributed by atoms with Crippen LogP contribution in [-0.4, -0.2) is 18.9 Å². The molecule has 0 saturated carbocycles. The monoisotopic (exact) mass is 137 g/mol. The third-order valence-corrected chi connectivity index (χ3v) is 0.936. The van der Waals surface area contributed by atoms with Gasteiger partial charge in [-0.15, -0.1) is 0 Å². The Bertz CT molecular complexity index is 173. The van der Waals surface area contributed by atoms with E-state index in [0.717, 1.165) is 0 Å². The molecule has 0 spiro atoms. The van der Waals surface area contributed by atoms with Crippen molar-refractivity contribution in [2.24, 2.45) is 0 Å². The molecule has 1 aromatic carbocycles. The first kappa shape index (κ1) is 9.04. The molecular formula is C6H4ClFLi.